The summed E-state index contributed by atoms with van der Waals surface area (Å²) in [5, 5.41) is 12.5. The second kappa shape index (κ2) is 9.51. The number of anilines is 1. The molecule has 37 heavy (non-hydrogen) atoms. The number of halogens is 1. The number of carboxylic acid groups (broad SMARTS) is 1. The number of benzene rings is 3. The number of amides is 1. The van der Waals surface area contributed by atoms with Crippen LogP contribution in [0.15, 0.2) is 81.3 Å². The van der Waals surface area contributed by atoms with Gasteiger partial charge in [-0.05, 0) is 47.5 Å². The summed E-state index contributed by atoms with van der Waals surface area (Å²) in [7, 11) is 0. The number of alkyl halides is 1. The quantitative estimate of drug-likeness (QED) is 0.209. The lowest BCUT2D eigenvalue weighted by Gasteiger charge is -2.16. The molecule has 3 aromatic carbocycles. The average molecular weight is 562 g/mol. The lowest BCUT2D eigenvalue weighted by atomic mass is 10.0. The van der Waals surface area contributed by atoms with E-state index >= 15 is 0 Å². The Labute approximate surface area is 217 Å². The van der Waals surface area contributed by atoms with Crippen LogP contribution in [0.5, 0.6) is 0 Å². The van der Waals surface area contributed by atoms with E-state index in [0.717, 1.165) is 10.1 Å². The molecule has 0 saturated heterocycles. The number of nitrogen functional groups attached to an aromatic ring is 1. The largest absolute Gasteiger partial charge is 0.480 e. The third-order valence-electron chi connectivity index (χ3n) is 6.08. The number of para-hydroxylation sites is 1. The Morgan fingerprint density at radius 2 is 1.84 bits per heavy atom. The zero-order valence-electron chi connectivity index (χ0n) is 19.1. The van der Waals surface area contributed by atoms with E-state index in [9.17, 15) is 24.3 Å². The van der Waals surface area contributed by atoms with E-state index in [2.05, 4.69) is 31.2 Å². The number of aliphatic carboxylic acids is 1. The van der Waals surface area contributed by atoms with Gasteiger partial charge in [0.05, 0.1) is 27.1 Å². The number of aromatic amines is 1. The van der Waals surface area contributed by atoms with Gasteiger partial charge in [0.2, 0.25) is 0 Å². The average Bonchev–Trinajstić information content (AvgIpc) is 3.22. The number of aromatic nitrogens is 2. The van der Waals surface area contributed by atoms with E-state index in [0.29, 0.717) is 28.1 Å². The lowest BCUT2D eigenvalue weighted by molar-refractivity contribution is -0.141. The van der Waals surface area contributed by atoms with Crippen molar-refractivity contribution < 1.29 is 14.7 Å². The number of carbonyl (C=O) groups is 2. The van der Waals surface area contributed by atoms with Gasteiger partial charge in [0.25, 0.3) is 11.5 Å². The van der Waals surface area contributed by atoms with E-state index in [4.69, 9.17) is 5.73 Å². The van der Waals surface area contributed by atoms with Crippen LogP contribution in [0.4, 0.5) is 11.4 Å². The van der Waals surface area contributed by atoms with Crippen LogP contribution in [0.3, 0.4) is 0 Å². The van der Waals surface area contributed by atoms with Crippen molar-refractivity contribution in [3.63, 3.8) is 0 Å². The maximum Gasteiger partial charge on any atom is 0.333 e. The van der Waals surface area contributed by atoms with Crippen molar-refractivity contribution in [2.75, 3.05) is 5.73 Å². The number of fused-ring (bicyclic) bond motifs is 2. The molecule has 0 radical (unpaired) electrons. The van der Waals surface area contributed by atoms with Crippen molar-refractivity contribution in [3.05, 3.63) is 98.7 Å². The smallest absolute Gasteiger partial charge is 0.333 e. The molecule has 5 rings (SSSR count). The standard InChI is InChI=1S/C26H20BrN5O5/c27-21-16-3-1-2-4-18(16)29-22(21)23(33)30-20(25(35)36)11-13-5-8-15(9-6-13)32-24(34)17-12-14(28)7-10-19(17)31-26(32)37/h1-10,12,20-21H,11,28H2,(H,30,33)(H,31,37)(H,35,36). The molecule has 0 saturated carbocycles. The number of H-pyrrole nitrogens is 1. The fraction of sp³-hybridized carbons (Fsp3) is 0.115. The molecule has 0 fully saturated rings. The van der Waals surface area contributed by atoms with Crippen LogP contribution in [0.25, 0.3) is 16.6 Å². The summed E-state index contributed by atoms with van der Waals surface area (Å²) < 4.78 is 0.980. The number of carboxylic acids is 1. The molecular formula is C26H20BrN5O5. The summed E-state index contributed by atoms with van der Waals surface area (Å²) >= 11 is 3.46. The zero-order valence-corrected chi connectivity index (χ0v) is 20.7. The second-order valence-corrected chi connectivity index (χ2v) is 9.44. The number of nitrogens with one attached hydrogen (secondary N) is 2. The number of aliphatic imine (C=N–C) groups is 1. The summed E-state index contributed by atoms with van der Waals surface area (Å²) in [5.74, 6) is -1.80. The molecule has 4 aromatic rings. The Morgan fingerprint density at radius 3 is 2.54 bits per heavy atom. The van der Waals surface area contributed by atoms with Gasteiger partial charge in [-0.25, -0.2) is 19.1 Å². The Bertz CT molecular complexity index is 1710. The van der Waals surface area contributed by atoms with E-state index in [1.165, 1.54) is 18.2 Å². The fourth-order valence-corrected chi connectivity index (χ4v) is 4.92. The van der Waals surface area contributed by atoms with Crippen molar-refractivity contribution in [2.24, 2.45) is 4.99 Å². The molecule has 0 aliphatic carbocycles. The minimum atomic E-state index is -1.22. The minimum Gasteiger partial charge on any atom is -0.480 e. The van der Waals surface area contributed by atoms with E-state index in [-0.39, 0.29) is 17.5 Å². The number of carbonyl (C=O) groups excluding carboxylic acids is 1. The third kappa shape index (κ3) is 4.56. The first-order chi connectivity index (χ1) is 17.7. The highest BCUT2D eigenvalue weighted by Crippen LogP contribution is 2.39. The third-order valence-corrected chi connectivity index (χ3v) is 7.01. The summed E-state index contributed by atoms with van der Waals surface area (Å²) in [6, 6.07) is 17.0. The van der Waals surface area contributed by atoms with Gasteiger partial charge in [0, 0.05) is 12.1 Å². The highest BCUT2D eigenvalue weighted by molar-refractivity contribution is 9.09. The van der Waals surface area contributed by atoms with Gasteiger partial charge in [-0.2, -0.15) is 0 Å². The van der Waals surface area contributed by atoms with Crippen molar-refractivity contribution >= 4 is 55.8 Å². The SMILES string of the molecule is Nc1ccc2[nH]c(=O)n(-c3ccc(CC(NC(=O)C4=Nc5ccccc5C4Br)C(=O)O)cc3)c(=O)c2c1. The predicted molar refractivity (Wildman–Crippen MR) is 143 cm³/mol. The maximum absolute atomic E-state index is 13.0. The first kappa shape index (κ1) is 24.2. The first-order valence-corrected chi connectivity index (χ1v) is 12.1. The van der Waals surface area contributed by atoms with Crippen LogP contribution in [-0.2, 0) is 16.0 Å². The summed E-state index contributed by atoms with van der Waals surface area (Å²) in [6.07, 6.45) is -0.0198. The number of rotatable bonds is 6. The molecule has 186 valence electrons. The van der Waals surface area contributed by atoms with E-state index in [1.54, 1.807) is 30.3 Å². The van der Waals surface area contributed by atoms with Crippen molar-refractivity contribution in [2.45, 2.75) is 17.3 Å². The number of hydrogen-bond acceptors (Lipinski definition) is 6. The van der Waals surface area contributed by atoms with Crippen LogP contribution < -0.4 is 22.3 Å². The summed E-state index contributed by atoms with van der Waals surface area (Å²) in [5.41, 5.74) is 7.94. The maximum atomic E-state index is 13.0. The number of nitrogens with two attached hydrogens (primary N) is 1. The van der Waals surface area contributed by atoms with Crippen molar-refractivity contribution in [1.29, 1.82) is 0 Å². The molecule has 2 atom stereocenters. The first-order valence-electron chi connectivity index (χ1n) is 11.2. The molecule has 2 heterocycles. The number of hydrogen-bond donors (Lipinski definition) is 4. The van der Waals surface area contributed by atoms with Gasteiger partial charge >= 0.3 is 11.7 Å². The Morgan fingerprint density at radius 1 is 1.11 bits per heavy atom. The van der Waals surface area contributed by atoms with Crippen molar-refractivity contribution in [3.8, 4) is 5.69 Å². The molecule has 1 amide bonds. The molecule has 1 aliphatic rings. The van der Waals surface area contributed by atoms with Crippen LogP contribution in [-0.4, -0.2) is 38.3 Å². The second-order valence-electron chi connectivity index (χ2n) is 8.53. The fourth-order valence-electron chi connectivity index (χ4n) is 4.22. The van der Waals surface area contributed by atoms with Crippen LogP contribution in [0, 0.1) is 0 Å². The van der Waals surface area contributed by atoms with E-state index < -0.39 is 34.0 Å². The Kier molecular flexibility index (Phi) is 6.22. The molecule has 10 nitrogen and oxygen atoms in total. The van der Waals surface area contributed by atoms with Gasteiger partial charge in [0.15, 0.2) is 0 Å². The Hall–Kier alpha value is -4.51. The highest BCUT2D eigenvalue weighted by atomic mass is 79.9. The molecule has 1 aliphatic heterocycles. The molecule has 0 spiro atoms. The normalized spacial score (nSPS) is 15.2. The van der Waals surface area contributed by atoms with E-state index in [1.807, 2.05) is 18.2 Å². The lowest BCUT2D eigenvalue weighted by Crippen LogP contribution is -2.45. The summed E-state index contributed by atoms with van der Waals surface area (Å²) in [6.45, 7) is 0. The van der Waals surface area contributed by atoms with Crippen LogP contribution in [0.1, 0.15) is 16.0 Å². The monoisotopic (exact) mass is 561 g/mol. The van der Waals surface area contributed by atoms with Crippen LogP contribution in [0.2, 0.25) is 0 Å². The van der Waals surface area contributed by atoms with Gasteiger partial charge in [0.1, 0.15) is 11.8 Å². The minimum absolute atomic E-state index is 0.0198. The van der Waals surface area contributed by atoms with Gasteiger partial charge in [-0.3, -0.25) is 9.59 Å². The highest BCUT2D eigenvalue weighted by Gasteiger charge is 2.32. The molecular weight excluding hydrogens is 542 g/mol. The number of nitrogens with zero attached hydrogens (tertiary/aromatic N) is 2. The zero-order chi connectivity index (χ0) is 26.3. The molecule has 11 heteroatoms. The predicted octanol–water partition coefficient (Wildman–Crippen LogP) is 2.60. The molecule has 5 N–H and O–H groups in total. The summed E-state index contributed by atoms with van der Waals surface area (Å²) in [4.78, 5) is 56.9. The van der Waals surface area contributed by atoms with Gasteiger partial charge in [-0.15, -0.1) is 0 Å². The van der Waals surface area contributed by atoms with Crippen LogP contribution >= 0.6 is 15.9 Å². The van der Waals surface area contributed by atoms with Gasteiger partial charge < -0.3 is 21.1 Å². The Balaban J connectivity index is 1.36. The molecule has 2 unspecified atom stereocenters. The van der Waals surface area contributed by atoms with Gasteiger partial charge in [-0.1, -0.05) is 46.3 Å². The molecule has 1 aromatic heterocycles. The topological polar surface area (TPSA) is 160 Å². The molecule has 0 bridgehead atoms. The van der Waals surface area contributed by atoms with Crippen molar-refractivity contribution in [1.82, 2.24) is 14.9 Å².